The number of fused-ring (bicyclic) bond motifs is 4. The maximum atomic E-state index is 12.4. The molecule has 16 aromatic heterocycles. The number of hydrogen-bond acceptors (Lipinski definition) is 28. The van der Waals surface area contributed by atoms with Gasteiger partial charge in [0.05, 0.1) is 95.9 Å². The van der Waals surface area contributed by atoms with Gasteiger partial charge in [0.2, 0.25) is 0 Å². The predicted molar refractivity (Wildman–Crippen MR) is 486 cm³/mol. The van der Waals surface area contributed by atoms with Gasteiger partial charge in [-0.3, -0.25) is 29.9 Å². The van der Waals surface area contributed by atoms with Crippen molar-refractivity contribution in [2.45, 2.75) is 153 Å². The first-order valence-electron chi connectivity index (χ1n) is 43.7. The number of nitrogens with zero attached hydrogens (tertiary/aromatic N) is 20. The number of hydrogen-bond donors (Lipinski definition) is 8. The minimum absolute atomic E-state index is 0.233. The summed E-state index contributed by atoms with van der Waals surface area (Å²) < 4.78 is 21.7. The zero-order valence-corrected chi connectivity index (χ0v) is 73.1. The van der Waals surface area contributed by atoms with Crippen LogP contribution in [0.15, 0.2) is 238 Å². The second-order valence-corrected chi connectivity index (χ2v) is 34.2. The van der Waals surface area contributed by atoms with E-state index in [0.717, 1.165) is 164 Å². The zero-order chi connectivity index (χ0) is 90.3. The Balaban J connectivity index is 0.000000106. The van der Waals surface area contributed by atoms with Crippen LogP contribution in [0.2, 0.25) is 0 Å². The summed E-state index contributed by atoms with van der Waals surface area (Å²) in [5.41, 5.74) is 14.9. The zero-order valence-electron chi connectivity index (χ0n) is 73.1. The van der Waals surface area contributed by atoms with E-state index in [1.165, 1.54) is 6.33 Å². The van der Waals surface area contributed by atoms with Gasteiger partial charge in [-0.2, -0.15) is 10.2 Å². The Morgan fingerprint density at radius 3 is 0.932 bits per heavy atom. The second kappa shape index (κ2) is 33.5. The number of aromatic nitrogens is 24. The number of benzene rings is 4. The molecular weight excluding hydrogens is 1670 g/mol. The average Bonchev–Trinajstić information content (AvgIpc) is 1.51. The Hall–Kier alpha value is -15.6. The lowest BCUT2D eigenvalue weighted by Crippen LogP contribution is -2.32. The van der Waals surface area contributed by atoms with Crippen molar-refractivity contribution in [3.63, 3.8) is 0 Å². The smallest absolute Gasteiger partial charge is 0.194 e. The van der Waals surface area contributed by atoms with Gasteiger partial charge >= 0.3 is 0 Å². The van der Waals surface area contributed by atoms with Crippen molar-refractivity contribution in [3.05, 3.63) is 357 Å². The van der Waals surface area contributed by atoms with Crippen LogP contribution in [0.25, 0.3) is 88.6 Å². The monoisotopic (exact) mass is 1750 g/mol. The van der Waals surface area contributed by atoms with Crippen molar-refractivity contribution in [2.75, 3.05) is 0 Å². The van der Waals surface area contributed by atoms with Crippen molar-refractivity contribution >= 4 is 44.1 Å². The number of aromatic amines is 4. The number of aryl methyl sites for hydroxylation is 8. The topological polar surface area (TPSA) is 454 Å². The van der Waals surface area contributed by atoms with Crippen LogP contribution < -0.4 is 0 Å². The number of rotatable bonds is 20. The molecule has 4 saturated carbocycles. The third kappa shape index (κ3) is 15.1. The van der Waals surface area contributed by atoms with E-state index in [-0.39, 0.29) is 5.82 Å². The highest BCUT2D eigenvalue weighted by Gasteiger charge is 2.46. The lowest BCUT2D eigenvalue weighted by molar-refractivity contribution is 0.112. The molecule has 132 heavy (non-hydrogen) atoms. The number of imidazole rings is 4. The summed E-state index contributed by atoms with van der Waals surface area (Å²) in [6.07, 6.45) is 29.7. The highest BCUT2D eigenvalue weighted by Crippen LogP contribution is 2.51. The van der Waals surface area contributed by atoms with E-state index in [0.29, 0.717) is 131 Å². The van der Waals surface area contributed by atoms with Crippen molar-refractivity contribution in [3.8, 4) is 44.5 Å². The predicted octanol–water partition coefficient (Wildman–Crippen LogP) is 16.7. The van der Waals surface area contributed by atoms with Gasteiger partial charge in [0.1, 0.15) is 64.1 Å². The van der Waals surface area contributed by atoms with Crippen LogP contribution in [0, 0.1) is 55.4 Å². The summed E-state index contributed by atoms with van der Waals surface area (Å²) >= 11 is 0. The highest BCUT2D eigenvalue weighted by atomic mass is 16.5. The Morgan fingerprint density at radius 2 is 0.621 bits per heavy atom. The summed E-state index contributed by atoms with van der Waals surface area (Å²) in [7, 11) is 0. The number of H-pyrrole nitrogens is 4. The Morgan fingerprint density at radius 1 is 0.303 bits per heavy atom. The van der Waals surface area contributed by atoms with Crippen molar-refractivity contribution in [1.29, 1.82) is 0 Å². The lowest BCUT2D eigenvalue weighted by Gasteiger charge is -2.29. The number of aliphatic hydroxyl groups is 4. The summed E-state index contributed by atoms with van der Waals surface area (Å²) in [6, 6.07) is 43.0. The van der Waals surface area contributed by atoms with Gasteiger partial charge < -0.3 is 58.5 Å². The summed E-state index contributed by atoms with van der Waals surface area (Å²) in [6.45, 7) is 15.2. The summed E-state index contributed by atoms with van der Waals surface area (Å²) in [5, 5.41) is 74.4. The van der Waals surface area contributed by atoms with Crippen LogP contribution >= 0.6 is 0 Å². The fraction of sp³-hybridized carbons (Fsp3) is 0.240. The molecule has 0 bridgehead atoms. The molecule has 0 aliphatic heterocycles. The molecule has 4 aliphatic rings. The normalized spacial score (nSPS) is 15.6. The Labute approximate surface area is 753 Å². The third-order valence-electron chi connectivity index (χ3n) is 25.0. The van der Waals surface area contributed by atoms with Gasteiger partial charge in [0.15, 0.2) is 28.2 Å². The van der Waals surface area contributed by atoms with Gasteiger partial charge in [-0.05, 0) is 244 Å². The average molecular weight is 1750 g/mol. The van der Waals surface area contributed by atoms with E-state index in [4.69, 9.17) is 38.0 Å². The van der Waals surface area contributed by atoms with E-state index in [1.807, 2.05) is 152 Å². The molecule has 4 fully saturated rings. The summed E-state index contributed by atoms with van der Waals surface area (Å²) in [5.74, 6) is 8.50. The van der Waals surface area contributed by atoms with E-state index in [9.17, 15) is 20.4 Å². The van der Waals surface area contributed by atoms with Crippen molar-refractivity contribution in [1.82, 2.24) is 121 Å². The van der Waals surface area contributed by atoms with Gasteiger partial charge in [0.25, 0.3) is 0 Å². The quantitative estimate of drug-likeness (QED) is 0.0351. The molecule has 4 atom stereocenters. The van der Waals surface area contributed by atoms with Crippen LogP contribution in [-0.4, -0.2) is 141 Å². The van der Waals surface area contributed by atoms with Crippen LogP contribution in [0.5, 0.6) is 0 Å². The first-order valence-corrected chi connectivity index (χ1v) is 43.7. The Kier molecular flexibility index (Phi) is 21.1. The second-order valence-electron chi connectivity index (χ2n) is 34.2. The molecule has 4 unspecified atom stereocenters. The molecule has 32 nitrogen and oxygen atoms in total. The maximum Gasteiger partial charge on any atom is 0.194 e. The third-order valence-corrected chi connectivity index (χ3v) is 25.0. The van der Waals surface area contributed by atoms with Gasteiger partial charge in [-0.25, -0.2) is 39.9 Å². The SMILES string of the molecule is Cc1noc(C)c1-c1cc(C(O)(c2ccccn2)c2cccnn2)c2nc(C3CC3)[nH]c2c1.Cc1noc(C)c1-c1cc(C(O)(c2ccccn2)c2cnccn2)c2nc(C3CC3)[nH]c2c1.Cc1noc(C)c1-c1cc(C(O)(c2ccccn2)c2ncccn2)c2nc(C3CC3)[nH]c2c1.Cc1noc(C)c1-c1cc(C(O)(c2cncnc2)c2ccccn2)c2nc(C3CC3)[nH]c2c1. The van der Waals surface area contributed by atoms with E-state index in [2.05, 4.69) is 101 Å². The molecule has 8 N–H and O–H groups in total. The van der Waals surface area contributed by atoms with Crippen LogP contribution in [0.4, 0.5) is 0 Å². The van der Waals surface area contributed by atoms with Crippen LogP contribution in [0.1, 0.15) is 212 Å². The number of nitrogens with one attached hydrogen (secondary N) is 4. The lowest BCUT2D eigenvalue weighted by atomic mass is 9.82. The maximum absolute atomic E-state index is 12.4. The van der Waals surface area contributed by atoms with Crippen molar-refractivity contribution in [2.24, 2.45) is 0 Å². The molecule has 4 aromatic carbocycles. The molecule has 0 saturated heterocycles. The molecule has 24 rings (SSSR count). The first-order chi connectivity index (χ1) is 64.2. The molecule has 0 radical (unpaired) electrons. The van der Waals surface area contributed by atoms with Gasteiger partial charge in [0, 0.05) is 142 Å². The van der Waals surface area contributed by atoms with Gasteiger partial charge in [-0.15, -0.1) is 0 Å². The number of pyridine rings is 4. The molecule has 0 spiro atoms. The van der Waals surface area contributed by atoms with E-state index >= 15 is 0 Å². The van der Waals surface area contributed by atoms with Crippen LogP contribution in [0.3, 0.4) is 0 Å². The van der Waals surface area contributed by atoms with Crippen molar-refractivity contribution < 1.29 is 38.5 Å². The molecule has 16 heterocycles. The molecule has 656 valence electrons. The van der Waals surface area contributed by atoms with E-state index in [1.54, 1.807) is 117 Å². The minimum atomic E-state index is -1.72. The fourth-order valence-corrected chi connectivity index (χ4v) is 17.9. The molecule has 32 heteroatoms. The van der Waals surface area contributed by atoms with Crippen LogP contribution in [-0.2, 0) is 22.4 Å². The standard InChI is InChI=1S/4C25H22N6O2/c1-14-21(15(2)33-31-14)17-12-18(22-19(13-17)29-23(30-22)16-7-8-16)25(32,20-6-3-4-9-26-20)24-27-10-5-11-28-24;1-14-22(15(2)33-31-14)17-12-18(23-19(13-17)28-24(29-23)16-8-9-16)25(32,20-6-3-4-10-26-20)21-7-5-11-27-30-21;1-14-22(15(2)33-31-14)17-9-19(23-20(10-17)29-24(30-23)16-6-7-16)25(32,18-11-26-13-27-12-18)21-5-3-4-8-28-21;1-14-22(15(2)33-31-14)17-11-18(23-19(12-17)29-24(30-23)16-6-7-16)25(32,20-5-3-4-8-27-20)21-13-26-9-10-28-21/h3-6,9-13,16,32H,7-8H2,1-2H3,(H,29,30);3-7,10-13,16,32H,8-9H2,1-2H3,(H,28,29);2*3-5,8-13,16,32H,6-7H2,1-2H3,(H,29,30). The van der Waals surface area contributed by atoms with Gasteiger partial charge in [-0.1, -0.05) is 44.9 Å². The molecule has 0 amide bonds. The summed E-state index contributed by atoms with van der Waals surface area (Å²) in [4.78, 5) is 77.6. The first kappa shape index (κ1) is 83.3. The molecular formula is C100H88N24O8. The molecule has 20 aromatic rings. The fourth-order valence-electron chi connectivity index (χ4n) is 17.9. The minimum Gasteiger partial charge on any atom is -0.374 e. The largest absolute Gasteiger partial charge is 0.374 e. The highest BCUT2D eigenvalue weighted by molar-refractivity contribution is 5.92. The Bertz CT molecular complexity index is 6480. The van der Waals surface area contributed by atoms with E-state index < -0.39 is 22.4 Å². The molecule has 4 aliphatic carbocycles.